The Morgan fingerprint density at radius 2 is 1.69 bits per heavy atom. The van der Waals surface area contributed by atoms with Gasteiger partial charge in [-0.15, -0.1) is 0 Å². The third-order valence-electron chi connectivity index (χ3n) is 7.58. The first-order valence-electron chi connectivity index (χ1n) is 12.2. The molecule has 1 aliphatic heterocycles. The van der Waals surface area contributed by atoms with Crippen LogP contribution in [0.5, 0.6) is 0 Å². The monoisotopic (exact) mass is 478 g/mol. The smallest absolute Gasteiger partial charge is 0.407 e. The van der Waals surface area contributed by atoms with Gasteiger partial charge in [0.15, 0.2) is 6.10 Å². The molecule has 8 heteroatoms. The zero-order valence-corrected chi connectivity index (χ0v) is 19.5. The molecule has 2 aromatic rings. The second-order valence-corrected chi connectivity index (χ2v) is 9.80. The summed E-state index contributed by atoms with van der Waals surface area (Å²) in [5, 5.41) is 14.9. The minimum atomic E-state index is -1.07. The number of nitrogens with one attached hydrogen (secondary N) is 2. The van der Waals surface area contributed by atoms with Crippen molar-refractivity contribution in [2.24, 2.45) is 5.41 Å². The van der Waals surface area contributed by atoms with Gasteiger partial charge in [0.1, 0.15) is 6.61 Å². The normalized spacial score (nSPS) is 21.9. The van der Waals surface area contributed by atoms with Gasteiger partial charge in [-0.05, 0) is 46.9 Å². The number of hydrogen-bond acceptors (Lipinski definition) is 5. The predicted molar refractivity (Wildman–Crippen MR) is 128 cm³/mol. The Hall–Kier alpha value is -3.39. The number of alkyl carbamates (subject to hydrolysis) is 1. The van der Waals surface area contributed by atoms with Crippen molar-refractivity contribution in [3.63, 3.8) is 0 Å². The van der Waals surface area contributed by atoms with Gasteiger partial charge >= 0.3 is 12.1 Å². The van der Waals surface area contributed by atoms with Gasteiger partial charge in [-0.3, -0.25) is 4.79 Å². The maximum atomic E-state index is 12.7. The van der Waals surface area contributed by atoms with Crippen LogP contribution in [0.4, 0.5) is 4.79 Å². The number of carbonyl (C=O) groups is 3. The van der Waals surface area contributed by atoms with E-state index in [1.165, 1.54) is 11.1 Å². The molecule has 2 amide bonds. The molecule has 184 valence electrons. The average molecular weight is 479 g/mol. The number of hydrogen-bond donors (Lipinski definition) is 3. The number of benzene rings is 2. The lowest BCUT2D eigenvalue weighted by molar-refractivity contribution is -0.148. The predicted octanol–water partition coefficient (Wildman–Crippen LogP) is 3.44. The number of fused-ring (bicyclic) bond motifs is 3. The second-order valence-electron chi connectivity index (χ2n) is 9.80. The van der Waals surface area contributed by atoms with E-state index in [-0.39, 0.29) is 30.3 Å². The molecule has 2 aliphatic carbocycles. The van der Waals surface area contributed by atoms with Gasteiger partial charge in [-0.2, -0.15) is 0 Å². The molecule has 3 N–H and O–H groups in total. The molecule has 0 aromatic heterocycles. The summed E-state index contributed by atoms with van der Waals surface area (Å²) in [5.41, 5.74) is 4.34. The van der Waals surface area contributed by atoms with Crippen LogP contribution in [0.3, 0.4) is 0 Å². The maximum absolute atomic E-state index is 12.7. The lowest BCUT2D eigenvalue weighted by atomic mass is 9.66. The Morgan fingerprint density at radius 3 is 2.29 bits per heavy atom. The topological polar surface area (TPSA) is 114 Å². The number of carbonyl (C=O) groups excluding carboxylic acids is 2. The molecule has 5 rings (SSSR count). The van der Waals surface area contributed by atoms with Crippen LogP contribution >= 0.6 is 0 Å². The molecule has 2 fully saturated rings. The van der Waals surface area contributed by atoms with E-state index < -0.39 is 24.2 Å². The highest BCUT2D eigenvalue weighted by atomic mass is 16.5. The highest BCUT2D eigenvalue weighted by Crippen LogP contribution is 2.45. The lowest BCUT2D eigenvalue weighted by Crippen LogP contribution is -2.49. The molecular weight excluding hydrogens is 448 g/mol. The van der Waals surface area contributed by atoms with E-state index in [1.54, 1.807) is 0 Å². The summed E-state index contributed by atoms with van der Waals surface area (Å²) in [6, 6.07) is 15.8. The number of aliphatic carboxylic acids is 1. The molecule has 0 bridgehead atoms. The number of carboxylic acid groups (broad SMARTS) is 1. The van der Waals surface area contributed by atoms with Crippen LogP contribution in [-0.4, -0.2) is 55.0 Å². The summed E-state index contributed by atoms with van der Waals surface area (Å²) in [4.78, 5) is 36.5. The summed E-state index contributed by atoms with van der Waals surface area (Å²) in [6.45, 7) is 0.905. The minimum absolute atomic E-state index is 0.00703. The van der Waals surface area contributed by atoms with E-state index >= 15 is 0 Å². The quantitative estimate of drug-likeness (QED) is 0.536. The van der Waals surface area contributed by atoms with Crippen molar-refractivity contribution >= 4 is 18.0 Å². The second kappa shape index (κ2) is 9.70. The number of carboxylic acids is 1. The summed E-state index contributed by atoms with van der Waals surface area (Å²) in [5.74, 6) is -1.28. The molecule has 0 spiro atoms. The van der Waals surface area contributed by atoms with Gasteiger partial charge in [0.25, 0.3) is 0 Å². The summed E-state index contributed by atoms with van der Waals surface area (Å²) in [6.07, 6.45) is 1.86. The van der Waals surface area contributed by atoms with Crippen molar-refractivity contribution in [3.05, 3.63) is 59.7 Å². The largest absolute Gasteiger partial charge is 0.479 e. The van der Waals surface area contributed by atoms with Gasteiger partial charge in [0.05, 0.1) is 6.04 Å². The highest BCUT2D eigenvalue weighted by Gasteiger charge is 2.41. The number of ether oxygens (including phenoxy) is 2. The first kappa shape index (κ1) is 23.4. The van der Waals surface area contributed by atoms with Gasteiger partial charge in [-0.25, -0.2) is 9.59 Å². The van der Waals surface area contributed by atoms with Crippen molar-refractivity contribution in [3.8, 4) is 11.1 Å². The Labute approximate surface area is 204 Å². The fourth-order valence-electron chi connectivity index (χ4n) is 5.58. The standard InChI is InChI=1S/C27H30N2O6/c30-23(29-22-10-13-34-24(22)25(31)32)14-27(11-5-12-27)16-28-26(33)35-15-21-19-8-3-1-6-17(19)18-7-2-4-9-20(18)21/h1-4,6-9,21-22,24H,5,10-16H2,(H,28,33)(H,29,30)(H,31,32)/t22-,24+/m0/s1. The minimum Gasteiger partial charge on any atom is -0.479 e. The number of rotatable bonds is 8. The molecule has 1 heterocycles. The molecular formula is C27H30N2O6. The average Bonchev–Trinajstić information content (AvgIpc) is 3.42. The molecule has 0 unspecified atom stereocenters. The van der Waals surface area contributed by atoms with E-state index in [0.717, 1.165) is 30.4 Å². The maximum Gasteiger partial charge on any atom is 0.407 e. The Kier molecular flexibility index (Phi) is 6.47. The SMILES string of the molecule is O=C(CC1(CNC(=O)OCC2c3ccccc3-c3ccccc32)CCC1)N[C@H]1CCO[C@H]1C(=O)O. The summed E-state index contributed by atoms with van der Waals surface area (Å²) < 4.78 is 10.8. The Balaban J connectivity index is 1.14. The van der Waals surface area contributed by atoms with Crippen LogP contribution in [0.15, 0.2) is 48.5 Å². The van der Waals surface area contributed by atoms with Crippen molar-refractivity contribution in [2.75, 3.05) is 19.8 Å². The van der Waals surface area contributed by atoms with Crippen molar-refractivity contribution in [1.29, 1.82) is 0 Å². The molecule has 1 saturated heterocycles. The number of amides is 2. The molecule has 1 saturated carbocycles. The molecule has 8 nitrogen and oxygen atoms in total. The molecule has 2 atom stereocenters. The van der Waals surface area contributed by atoms with Gasteiger partial charge in [0, 0.05) is 25.5 Å². The van der Waals surface area contributed by atoms with Crippen molar-refractivity contribution < 1.29 is 29.0 Å². The lowest BCUT2D eigenvalue weighted by Gasteiger charge is -2.41. The zero-order chi connectivity index (χ0) is 24.4. The van der Waals surface area contributed by atoms with E-state index in [2.05, 4.69) is 34.9 Å². The highest BCUT2D eigenvalue weighted by molar-refractivity contribution is 5.80. The summed E-state index contributed by atoms with van der Waals surface area (Å²) in [7, 11) is 0. The van der Waals surface area contributed by atoms with Crippen LogP contribution in [0.1, 0.15) is 49.1 Å². The molecule has 3 aliphatic rings. The first-order valence-corrected chi connectivity index (χ1v) is 12.2. The fourth-order valence-corrected chi connectivity index (χ4v) is 5.58. The first-order chi connectivity index (χ1) is 17.0. The molecule has 2 aromatic carbocycles. The van der Waals surface area contributed by atoms with Crippen LogP contribution in [0.25, 0.3) is 11.1 Å². The van der Waals surface area contributed by atoms with Gasteiger partial charge in [-0.1, -0.05) is 55.0 Å². The van der Waals surface area contributed by atoms with Crippen LogP contribution in [-0.2, 0) is 19.1 Å². The van der Waals surface area contributed by atoms with E-state index in [1.807, 2.05) is 24.3 Å². The Bertz CT molecular complexity index is 1080. The third kappa shape index (κ3) is 4.75. The van der Waals surface area contributed by atoms with Crippen molar-refractivity contribution in [1.82, 2.24) is 10.6 Å². The zero-order valence-electron chi connectivity index (χ0n) is 19.5. The molecule has 0 radical (unpaired) electrons. The fraction of sp³-hybridized carbons (Fsp3) is 0.444. The summed E-state index contributed by atoms with van der Waals surface area (Å²) >= 11 is 0. The Morgan fingerprint density at radius 1 is 1.03 bits per heavy atom. The van der Waals surface area contributed by atoms with E-state index in [0.29, 0.717) is 19.6 Å². The van der Waals surface area contributed by atoms with E-state index in [4.69, 9.17) is 9.47 Å². The third-order valence-corrected chi connectivity index (χ3v) is 7.58. The molecule has 35 heavy (non-hydrogen) atoms. The van der Waals surface area contributed by atoms with E-state index in [9.17, 15) is 19.5 Å². The van der Waals surface area contributed by atoms with Crippen LogP contribution in [0, 0.1) is 5.41 Å². The van der Waals surface area contributed by atoms with Gasteiger partial charge < -0.3 is 25.2 Å². The van der Waals surface area contributed by atoms with Crippen LogP contribution in [0.2, 0.25) is 0 Å². The van der Waals surface area contributed by atoms with Gasteiger partial charge in [0.2, 0.25) is 5.91 Å². The van der Waals surface area contributed by atoms with Crippen molar-refractivity contribution in [2.45, 2.75) is 50.2 Å². The van der Waals surface area contributed by atoms with Crippen LogP contribution < -0.4 is 10.6 Å².